The molecule has 0 aromatic carbocycles. The predicted molar refractivity (Wildman–Crippen MR) is 258 cm³/mol. The van der Waals surface area contributed by atoms with Crippen LogP contribution in [-0.2, 0) is 78.3 Å². The molecule has 0 amide bonds. The number of aromatic amines is 2. The van der Waals surface area contributed by atoms with Gasteiger partial charge in [0.05, 0.1) is 32.0 Å². The molecular weight excluding hydrogens is 1350 g/mol. The molecule has 10 rings (SSSR count). The third kappa shape index (κ3) is 13.3. The van der Waals surface area contributed by atoms with Crippen LogP contribution in [0.15, 0.2) is 44.2 Å². The van der Waals surface area contributed by atoms with Crippen molar-refractivity contribution in [1.29, 1.82) is 0 Å². The van der Waals surface area contributed by atoms with Gasteiger partial charge in [-0.2, -0.15) is 37.8 Å². The Labute approximate surface area is 478 Å². The predicted octanol–water partition coefficient (Wildman–Crippen LogP) is -5.44. The van der Waals surface area contributed by atoms with E-state index >= 15 is 0 Å². The summed E-state index contributed by atoms with van der Waals surface area (Å²) >= 11 is 0. The van der Waals surface area contributed by atoms with Crippen LogP contribution >= 0.6 is 24.2 Å². The van der Waals surface area contributed by atoms with Crippen molar-refractivity contribution in [3.8, 4) is 11.8 Å². The number of phosphoric acid groups is 3. The number of rotatable bonds is 20. The van der Waals surface area contributed by atoms with Crippen LogP contribution in [0.2, 0.25) is 0 Å². The van der Waals surface area contributed by atoms with Crippen LogP contribution in [-0.4, -0.2) is 158 Å². The Bertz CT molecular complexity index is 3620. The minimum Gasteiger partial charge on any atom is -0.858 e. The number of ether oxygens (including phenoxy) is 4. The quantitative estimate of drug-likeness (QED) is 0.0254. The second-order valence-electron chi connectivity index (χ2n) is 18.8. The Balaban J connectivity index is 0.00000810. The van der Waals surface area contributed by atoms with Gasteiger partial charge in [-0.05, 0) is 36.7 Å². The summed E-state index contributed by atoms with van der Waals surface area (Å²) < 4.78 is 73.6. The number of anilines is 2. The molecule has 4 aliphatic rings. The van der Waals surface area contributed by atoms with Crippen LogP contribution in [0.5, 0.6) is 11.8 Å². The number of H-pyrrole nitrogens is 2. The maximum Gasteiger partial charge on any atom is 2.00 e. The fraction of sp³-hybridized carbons (Fsp3) is 0.550. The van der Waals surface area contributed by atoms with Crippen molar-refractivity contribution < 1.29 is 123 Å². The second-order valence-corrected chi connectivity index (χ2v) is 23.0. The first-order valence-electron chi connectivity index (χ1n) is 24.1. The molecule has 6 aromatic rings. The van der Waals surface area contributed by atoms with Crippen LogP contribution in [0.4, 0.5) is 11.9 Å². The topological polar surface area (TPSA) is 552 Å². The Morgan fingerprint density at radius 2 is 1.09 bits per heavy atom. The molecule has 0 bridgehead atoms. The third-order valence-corrected chi connectivity index (χ3v) is 16.3. The van der Waals surface area contributed by atoms with Gasteiger partial charge in [0.25, 0.3) is 11.1 Å². The Morgan fingerprint density at radius 3 is 1.57 bits per heavy atom. The number of aromatic nitrogens is 12. The molecule has 3 unspecified atom stereocenters. The second kappa shape index (κ2) is 24.2. The summed E-state index contributed by atoms with van der Waals surface area (Å²) in [6.45, 7) is -0.865. The van der Waals surface area contributed by atoms with Crippen molar-refractivity contribution in [3.05, 3.63) is 77.9 Å². The monoisotopic (exact) mass is 1400 g/mol. The molecule has 6 aromatic heterocycles. The van der Waals surface area contributed by atoms with E-state index in [1.165, 1.54) is 35.6 Å². The molecule has 38 nitrogen and oxygen atoms in total. The first kappa shape index (κ1) is 61.6. The maximum absolute atomic E-state index is 13.9. The molecule has 10 heterocycles. The number of aliphatic hydroxyl groups excluding tert-OH is 2. The zero-order chi connectivity index (χ0) is 58.0. The zero-order valence-corrected chi connectivity index (χ0v) is 50.7. The van der Waals surface area contributed by atoms with E-state index in [0.29, 0.717) is 0 Å². The van der Waals surface area contributed by atoms with E-state index in [1.54, 1.807) is 0 Å². The van der Waals surface area contributed by atoms with Crippen LogP contribution < -0.4 is 54.0 Å². The van der Waals surface area contributed by atoms with Crippen molar-refractivity contribution in [1.82, 2.24) is 58.1 Å². The zero-order valence-electron chi connectivity index (χ0n) is 42.6. The van der Waals surface area contributed by atoms with Gasteiger partial charge in [-0.15, -0.1) is 0 Å². The number of hydrogen-bond donors (Lipinski definition) is 9. The summed E-state index contributed by atoms with van der Waals surface area (Å²) in [4.78, 5) is 139. The minimum atomic E-state index is -5.45. The minimum absolute atomic E-state index is 0. The van der Waals surface area contributed by atoms with Crippen molar-refractivity contribution in [2.45, 2.75) is 113 Å². The summed E-state index contributed by atoms with van der Waals surface area (Å²) in [7, 11) is -15.9. The van der Waals surface area contributed by atoms with Gasteiger partial charge in [0.15, 0.2) is 22.3 Å². The van der Waals surface area contributed by atoms with Crippen molar-refractivity contribution in [2.24, 2.45) is 0 Å². The number of imidazole rings is 2. The van der Waals surface area contributed by atoms with Gasteiger partial charge in [-0.3, -0.25) is 46.9 Å². The maximum atomic E-state index is 13.9. The Hall–Kier alpha value is -4.99. The van der Waals surface area contributed by atoms with Gasteiger partial charge < -0.3 is 65.5 Å². The van der Waals surface area contributed by atoms with E-state index in [9.17, 15) is 68.6 Å². The molecule has 4 fully saturated rings. The number of hydrogen-bond acceptors (Lipinski definition) is 31. The number of nitrogens with zero attached hydrogens (tertiary/aromatic N) is 10. The molecule has 82 heavy (non-hydrogen) atoms. The van der Waals surface area contributed by atoms with Crippen molar-refractivity contribution in [3.63, 3.8) is 0 Å². The molecule has 15 atom stereocenters. The average molecular weight is 1400 g/mol. The number of aliphatic hydroxyl groups is 2. The molecule has 4 saturated heterocycles. The number of phosphoric ester groups is 3. The fourth-order valence-electron chi connectivity index (χ4n) is 9.38. The fourth-order valence-corrected chi connectivity index (χ4v) is 12.3. The Kier molecular flexibility index (Phi) is 18.1. The van der Waals surface area contributed by atoms with Crippen LogP contribution in [0.25, 0.3) is 22.3 Å². The number of nitrogens with one attached hydrogen (secondary N) is 2. The van der Waals surface area contributed by atoms with Crippen molar-refractivity contribution >= 4 is 58.4 Å². The average Bonchev–Trinajstić information content (AvgIpc) is 3.89. The van der Waals surface area contributed by atoms with Gasteiger partial charge in [-0.25, -0.2) is 34.1 Å². The first-order chi connectivity index (χ1) is 38.2. The van der Waals surface area contributed by atoms with Gasteiger partial charge in [0.1, 0.15) is 80.9 Å². The Morgan fingerprint density at radius 1 is 0.671 bits per heavy atom. The van der Waals surface area contributed by atoms with E-state index < -0.39 is 171 Å². The molecule has 0 aliphatic carbocycles. The van der Waals surface area contributed by atoms with E-state index in [0.717, 1.165) is 21.5 Å². The third-order valence-electron chi connectivity index (χ3n) is 13.3. The largest absolute Gasteiger partial charge is 2.00 e. The van der Waals surface area contributed by atoms with Crippen LogP contribution in [0, 0.1) is 13.8 Å². The normalized spacial score (nSPS) is 28.8. The molecule has 11 N–H and O–H groups in total. The van der Waals surface area contributed by atoms with Gasteiger partial charge in [-0.1, -0.05) is 0 Å². The molecule has 4 aliphatic heterocycles. The molecule has 42 heteroatoms. The SMILES string of the molecule is Cc1cn([C@H]2C[C@H](O[P+]([O-])(O)OC[C@H]3O[C@@H](n4cc(C)c([O-])nc4=O)C[C@@H]3O[P+]([O-])(O)OC[C@H]3O[C@@H](n4cnc5c(=O)[nH]c(N)nc54)C[C@@H]3O)[C@@H](COP(=O)(O)O[C@H]3C[C@H](n4cnc5c(=O)[nH]c(N)nc54)O[C@@H]3CO)O2)c(=O)nc1[O-].[Hg+2]. The summed E-state index contributed by atoms with van der Waals surface area (Å²) in [5.74, 6) is -2.21. The van der Waals surface area contributed by atoms with E-state index in [2.05, 4.69) is 39.9 Å². The summed E-state index contributed by atoms with van der Waals surface area (Å²) in [6, 6.07) is 0. The molecule has 0 saturated carbocycles. The summed E-state index contributed by atoms with van der Waals surface area (Å²) in [6.07, 6.45) is -13.6. The van der Waals surface area contributed by atoms with Gasteiger partial charge >= 0.3 is 63.2 Å². The number of nitrogen functional groups attached to an aromatic ring is 2. The number of aryl methyl sites for hydroxylation is 2. The van der Waals surface area contributed by atoms with Gasteiger partial charge in [0, 0.05) is 38.1 Å². The standard InChI is InChI=1S/C40H51N14O24P3.Hg/c1-15-7-51(39(61)49-33(15)57)26-5-19(77-79(63,64)69-10-22-17(56)3-25(73-22)53-13-43-29-31(53)45-37(41)47-35(29)59)24(75-26)12-71-81(67,68)78-20-6-27(52-8-16(2)34(58)50-40(52)62)74-23(20)11-70-80(65,66)76-18-4-28(72-21(18)9-55)54-14-44-30-32(54)46-38(42)48-36(30)60;/h7-8,13-14,17-28,55-56H,3-6,9-12H2,1-2H3,(H,63,64)(H,65,66)(H,67,68)(H,49,57,61)(H,50,58,62)(H3,41,45,47,59)(H3,42,46,48,60);/q;+2/p-2/t17-,18-,19-,20-,21+,22+,23+,24+,25+,26+,27+,28+;/m0./s1. The first-order valence-corrected chi connectivity index (χ1v) is 28.6. The molecule has 0 radical (unpaired) electrons. The van der Waals surface area contributed by atoms with Crippen LogP contribution in [0.3, 0.4) is 0 Å². The number of fused-ring (bicyclic) bond motifs is 2. The van der Waals surface area contributed by atoms with E-state index in [1.807, 2.05) is 0 Å². The molecule has 440 valence electrons. The number of nitrogens with two attached hydrogens (primary N) is 2. The van der Waals surface area contributed by atoms with Gasteiger partial charge in [0.2, 0.25) is 11.9 Å². The van der Waals surface area contributed by atoms with E-state index in [4.69, 9.17) is 57.6 Å². The van der Waals surface area contributed by atoms with Crippen LogP contribution in [0.1, 0.15) is 61.7 Å². The van der Waals surface area contributed by atoms with E-state index in [-0.39, 0.29) is 85.9 Å². The smallest absolute Gasteiger partial charge is 0.858 e. The summed E-state index contributed by atoms with van der Waals surface area (Å²) in [5, 5.41) is 45.3. The van der Waals surface area contributed by atoms with Crippen molar-refractivity contribution in [2.75, 3.05) is 37.9 Å². The molecule has 0 spiro atoms. The summed E-state index contributed by atoms with van der Waals surface area (Å²) in [5.41, 5.74) is 7.64. The molecular formula is C40H49HgN14O24P3.